The molecule has 0 amide bonds. The maximum atomic E-state index is 13.2. The number of aryl methyl sites for hydroxylation is 1. The number of aromatic nitrogens is 1. The number of benzene rings is 1. The lowest BCUT2D eigenvalue weighted by Gasteiger charge is -2.25. The zero-order chi connectivity index (χ0) is 19.2. The van der Waals surface area contributed by atoms with Crippen LogP contribution in [0.1, 0.15) is 16.8 Å². The molecule has 0 spiro atoms. The summed E-state index contributed by atoms with van der Waals surface area (Å²) in [5, 5.41) is 6.89. The summed E-state index contributed by atoms with van der Waals surface area (Å²) in [4.78, 5) is 4.47. The lowest BCUT2D eigenvalue weighted by atomic mass is 9.86. The minimum Gasteiger partial charge on any atom is -0.384 e. The van der Waals surface area contributed by atoms with Gasteiger partial charge in [-0.15, -0.1) is 0 Å². The monoisotopic (exact) mass is 371 g/mol. The number of nitrogen functional groups attached to an aromatic ring is 1. The maximum absolute atomic E-state index is 13.2. The maximum Gasteiger partial charge on any atom is 0.123 e. The number of nitrogens with one attached hydrogen (secondary N) is 2. The number of pyridine rings is 1. The van der Waals surface area contributed by atoms with Crippen molar-refractivity contribution in [3.8, 4) is 0 Å². The molecule has 2 aromatic rings. The van der Waals surface area contributed by atoms with Crippen molar-refractivity contribution in [2.24, 2.45) is 17.6 Å². The number of anilines is 1. The van der Waals surface area contributed by atoms with Crippen LogP contribution in [0.2, 0.25) is 0 Å². The molecule has 3 atom stereocenters. The number of halogens is 1. The molecule has 5 nitrogen and oxygen atoms in total. The van der Waals surface area contributed by atoms with Crippen LogP contribution in [0.4, 0.5) is 10.2 Å². The van der Waals surface area contributed by atoms with E-state index < -0.39 is 0 Å². The first kappa shape index (κ1) is 19.7. The zero-order valence-electron chi connectivity index (χ0n) is 15.9. The van der Waals surface area contributed by atoms with Crippen molar-refractivity contribution in [2.45, 2.75) is 25.8 Å². The van der Waals surface area contributed by atoms with E-state index in [1.54, 1.807) is 12.1 Å². The molecule has 1 aliphatic rings. The molecule has 3 rings (SSSR count). The summed E-state index contributed by atoms with van der Waals surface area (Å²) < 4.78 is 13.2. The zero-order valence-corrected chi connectivity index (χ0v) is 15.9. The third kappa shape index (κ3) is 5.73. The molecule has 0 bridgehead atoms. The number of hydrogen-bond acceptors (Lipinski definition) is 5. The first-order valence-corrected chi connectivity index (χ1v) is 9.66. The van der Waals surface area contributed by atoms with E-state index in [9.17, 15) is 4.39 Å². The first-order valence-electron chi connectivity index (χ1n) is 9.66. The van der Waals surface area contributed by atoms with E-state index in [0.717, 1.165) is 55.8 Å². The Morgan fingerprint density at radius 1 is 1.30 bits per heavy atom. The Morgan fingerprint density at radius 3 is 2.93 bits per heavy atom. The van der Waals surface area contributed by atoms with Crippen LogP contribution in [-0.2, 0) is 12.8 Å². The number of nitrogens with two attached hydrogens (primary N) is 2. The van der Waals surface area contributed by atoms with Crippen LogP contribution in [0.15, 0.2) is 36.4 Å². The van der Waals surface area contributed by atoms with Crippen molar-refractivity contribution < 1.29 is 4.39 Å². The summed E-state index contributed by atoms with van der Waals surface area (Å²) >= 11 is 0. The van der Waals surface area contributed by atoms with Gasteiger partial charge in [0, 0.05) is 18.3 Å². The topological polar surface area (TPSA) is 89.0 Å². The van der Waals surface area contributed by atoms with Crippen LogP contribution in [0.5, 0.6) is 0 Å². The molecular weight excluding hydrogens is 341 g/mol. The molecule has 1 fully saturated rings. The average molecular weight is 372 g/mol. The third-order valence-electron chi connectivity index (χ3n) is 5.32. The molecule has 1 saturated heterocycles. The van der Waals surface area contributed by atoms with Crippen molar-refractivity contribution in [1.29, 1.82) is 0 Å². The van der Waals surface area contributed by atoms with Gasteiger partial charge in [0.2, 0.25) is 0 Å². The molecule has 2 heterocycles. The Hall–Kier alpha value is -2.02. The predicted molar refractivity (Wildman–Crippen MR) is 108 cm³/mol. The van der Waals surface area contributed by atoms with Crippen molar-refractivity contribution in [3.05, 3.63) is 59.0 Å². The second-order valence-electron chi connectivity index (χ2n) is 7.59. The Balaban J connectivity index is 1.47. The summed E-state index contributed by atoms with van der Waals surface area (Å²) in [7, 11) is 0. The van der Waals surface area contributed by atoms with Gasteiger partial charge in [0.25, 0.3) is 0 Å². The summed E-state index contributed by atoms with van der Waals surface area (Å²) in [5.41, 5.74) is 15.5. The standard InChI is InChI=1S/C21H30FN5/c1-14-7-18(27-21(24)8-14)10-16-11-26-12-19(16)20(23)13-25-6-5-15-3-2-4-17(22)9-15/h2-4,7-9,16,19-20,25-26H,5-6,10-13,23H2,1H3,(H2,24,27)/t16-,19+,20?/m0/s1. The molecule has 6 N–H and O–H groups in total. The number of rotatable bonds is 8. The van der Waals surface area contributed by atoms with Gasteiger partial charge in [-0.05, 0) is 86.6 Å². The average Bonchev–Trinajstić information content (AvgIpc) is 3.06. The molecular formula is C21H30FN5. The lowest BCUT2D eigenvalue weighted by molar-refractivity contribution is 0.336. The highest BCUT2D eigenvalue weighted by molar-refractivity contribution is 5.34. The summed E-state index contributed by atoms with van der Waals surface area (Å²) in [6.45, 7) is 5.47. The molecule has 1 unspecified atom stereocenters. The van der Waals surface area contributed by atoms with Crippen LogP contribution in [0.3, 0.4) is 0 Å². The summed E-state index contributed by atoms with van der Waals surface area (Å²) in [6, 6.07) is 10.8. The fourth-order valence-electron chi connectivity index (χ4n) is 3.96. The molecule has 146 valence electrons. The third-order valence-corrected chi connectivity index (χ3v) is 5.32. The van der Waals surface area contributed by atoms with Crippen LogP contribution in [-0.4, -0.2) is 37.2 Å². The van der Waals surface area contributed by atoms with Crippen LogP contribution < -0.4 is 22.1 Å². The van der Waals surface area contributed by atoms with Gasteiger partial charge >= 0.3 is 0 Å². The quantitative estimate of drug-likeness (QED) is 0.530. The van der Waals surface area contributed by atoms with Crippen molar-refractivity contribution >= 4 is 5.82 Å². The lowest BCUT2D eigenvalue weighted by Crippen LogP contribution is -2.44. The highest BCUT2D eigenvalue weighted by Gasteiger charge is 2.32. The predicted octanol–water partition coefficient (Wildman–Crippen LogP) is 1.65. The smallest absolute Gasteiger partial charge is 0.123 e. The van der Waals surface area contributed by atoms with Gasteiger partial charge in [-0.25, -0.2) is 9.37 Å². The molecule has 0 radical (unpaired) electrons. The molecule has 1 aromatic heterocycles. The second kappa shape index (κ2) is 9.26. The first-order chi connectivity index (χ1) is 13.0. The van der Waals surface area contributed by atoms with Crippen molar-refractivity contribution in [2.75, 3.05) is 31.9 Å². The molecule has 0 saturated carbocycles. The highest BCUT2D eigenvalue weighted by atomic mass is 19.1. The van der Waals surface area contributed by atoms with Gasteiger partial charge in [0.1, 0.15) is 11.6 Å². The fourth-order valence-corrected chi connectivity index (χ4v) is 3.96. The van der Waals surface area contributed by atoms with Gasteiger partial charge in [-0.1, -0.05) is 12.1 Å². The van der Waals surface area contributed by atoms with Gasteiger partial charge < -0.3 is 22.1 Å². The minimum atomic E-state index is -0.186. The Labute approximate surface area is 160 Å². The van der Waals surface area contributed by atoms with E-state index >= 15 is 0 Å². The van der Waals surface area contributed by atoms with Gasteiger partial charge in [0.05, 0.1) is 0 Å². The second-order valence-corrected chi connectivity index (χ2v) is 7.59. The summed E-state index contributed by atoms with van der Waals surface area (Å²) in [6.07, 6.45) is 1.68. The van der Waals surface area contributed by atoms with Crippen molar-refractivity contribution in [3.63, 3.8) is 0 Å². The Morgan fingerprint density at radius 2 is 2.15 bits per heavy atom. The largest absolute Gasteiger partial charge is 0.384 e. The molecule has 27 heavy (non-hydrogen) atoms. The normalized spacial score (nSPS) is 20.7. The van der Waals surface area contributed by atoms with E-state index in [-0.39, 0.29) is 11.9 Å². The van der Waals surface area contributed by atoms with Crippen LogP contribution >= 0.6 is 0 Å². The SMILES string of the molecule is Cc1cc(N)nc(C[C@H]2CNC[C@H]2C(N)CNCCc2cccc(F)c2)c1. The van der Waals surface area contributed by atoms with E-state index in [2.05, 4.69) is 21.7 Å². The Kier molecular flexibility index (Phi) is 6.77. The van der Waals surface area contributed by atoms with Crippen LogP contribution in [0, 0.1) is 24.6 Å². The number of hydrogen-bond donors (Lipinski definition) is 4. The van der Waals surface area contributed by atoms with E-state index in [1.165, 1.54) is 6.07 Å². The van der Waals surface area contributed by atoms with E-state index in [0.29, 0.717) is 17.7 Å². The number of nitrogens with zero attached hydrogens (tertiary/aromatic N) is 1. The molecule has 0 aliphatic carbocycles. The van der Waals surface area contributed by atoms with Gasteiger partial charge in [0.15, 0.2) is 0 Å². The van der Waals surface area contributed by atoms with Crippen LogP contribution in [0.25, 0.3) is 0 Å². The van der Waals surface area contributed by atoms with Gasteiger partial charge in [-0.3, -0.25) is 0 Å². The Bertz CT molecular complexity index is 731. The highest BCUT2D eigenvalue weighted by Crippen LogP contribution is 2.24. The molecule has 1 aromatic carbocycles. The summed E-state index contributed by atoms with van der Waals surface area (Å²) in [5.74, 6) is 1.25. The van der Waals surface area contributed by atoms with Crippen molar-refractivity contribution in [1.82, 2.24) is 15.6 Å². The van der Waals surface area contributed by atoms with E-state index in [1.807, 2.05) is 19.1 Å². The van der Waals surface area contributed by atoms with Gasteiger partial charge in [-0.2, -0.15) is 0 Å². The minimum absolute atomic E-state index is 0.0691. The molecule has 6 heteroatoms. The van der Waals surface area contributed by atoms with E-state index in [4.69, 9.17) is 11.5 Å². The fraction of sp³-hybridized carbons (Fsp3) is 0.476. The molecule has 1 aliphatic heterocycles.